The van der Waals surface area contributed by atoms with Crippen LogP contribution in [0.15, 0.2) is 23.1 Å². The fourth-order valence-corrected chi connectivity index (χ4v) is 2.86. The van der Waals surface area contributed by atoms with Gasteiger partial charge in [-0.05, 0) is 30.4 Å². The quantitative estimate of drug-likeness (QED) is 0.854. The van der Waals surface area contributed by atoms with Crippen molar-refractivity contribution in [2.75, 3.05) is 5.32 Å². The topological polar surface area (TPSA) is 72.7 Å². The Labute approximate surface area is 155 Å². The van der Waals surface area contributed by atoms with Gasteiger partial charge in [0.1, 0.15) is 5.69 Å². The first kappa shape index (κ1) is 19.3. The van der Waals surface area contributed by atoms with Crippen molar-refractivity contribution in [2.24, 2.45) is 5.41 Å². The van der Waals surface area contributed by atoms with E-state index in [9.17, 15) is 18.4 Å². The average molecular weight is 379 g/mol. The molecule has 27 heavy (non-hydrogen) atoms. The van der Waals surface area contributed by atoms with Crippen LogP contribution >= 0.6 is 0 Å². The molecule has 8 heteroatoms. The van der Waals surface area contributed by atoms with Crippen LogP contribution in [-0.2, 0) is 4.79 Å². The smallest absolute Gasteiger partial charge is 0.395 e. The number of amides is 1. The molecule has 0 aliphatic heterocycles. The van der Waals surface area contributed by atoms with Gasteiger partial charge in [0.2, 0.25) is 5.91 Å². The summed E-state index contributed by atoms with van der Waals surface area (Å²) >= 11 is 0. The third-order valence-electron chi connectivity index (χ3n) is 4.05. The third-order valence-corrected chi connectivity index (χ3v) is 4.05. The van der Waals surface area contributed by atoms with E-state index >= 15 is 0 Å². The highest BCUT2D eigenvalue weighted by atomic mass is 19.3. The summed E-state index contributed by atoms with van der Waals surface area (Å²) in [4.78, 5) is 29.7. The number of anilines is 1. The zero-order valence-corrected chi connectivity index (χ0v) is 15.8. The van der Waals surface area contributed by atoms with E-state index in [1.165, 1.54) is 18.3 Å². The summed E-state index contributed by atoms with van der Waals surface area (Å²) in [7, 11) is 0. The standard InChI is InChI=1S/C19H23F2N3O3/c1-18(2,3)10-13(25)22-15-14(11-7-8-11)23-16-12(27-19(4,20)21)6-5-9-24(16)17(15)26/h5-6,9,11H,7-8,10H2,1-4H3,(H,22,25). The molecule has 1 saturated carbocycles. The Kier molecular flexibility index (Phi) is 4.69. The molecule has 1 aliphatic carbocycles. The van der Waals surface area contributed by atoms with E-state index in [1.54, 1.807) is 0 Å². The molecule has 0 atom stereocenters. The summed E-state index contributed by atoms with van der Waals surface area (Å²) in [5.41, 5.74) is -0.186. The van der Waals surface area contributed by atoms with Gasteiger partial charge in [-0.3, -0.25) is 14.0 Å². The van der Waals surface area contributed by atoms with E-state index in [-0.39, 0.29) is 40.7 Å². The summed E-state index contributed by atoms with van der Waals surface area (Å²) in [6.45, 7) is 6.40. The van der Waals surface area contributed by atoms with E-state index in [0.29, 0.717) is 12.6 Å². The monoisotopic (exact) mass is 379 g/mol. The number of fused-ring (bicyclic) bond motifs is 1. The van der Waals surface area contributed by atoms with Gasteiger partial charge < -0.3 is 10.1 Å². The van der Waals surface area contributed by atoms with Gasteiger partial charge in [0, 0.05) is 25.5 Å². The highest BCUT2D eigenvalue weighted by molar-refractivity contribution is 5.91. The number of alkyl halides is 2. The number of hydrogen-bond donors (Lipinski definition) is 1. The molecule has 2 aromatic heterocycles. The maximum Gasteiger partial charge on any atom is 0.395 e. The van der Waals surface area contributed by atoms with Crippen LogP contribution in [0.3, 0.4) is 0 Å². The minimum atomic E-state index is -3.40. The minimum Gasteiger partial charge on any atom is -0.429 e. The fourth-order valence-electron chi connectivity index (χ4n) is 2.86. The summed E-state index contributed by atoms with van der Waals surface area (Å²) in [5, 5.41) is 2.69. The number of halogens is 2. The molecular formula is C19H23F2N3O3. The number of rotatable bonds is 5. The van der Waals surface area contributed by atoms with E-state index in [0.717, 1.165) is 17.2 Å². The first-order valence-corrected chi connectivity index (χ1v) is 8.86. The lowest BCUT2D eigenvalue weighted by Crippen LogP contribution is -2.28. The SMILES string of the molecule is CC(C)(C)CC(=O)Nc1c(C2CC2)nc2c(OC(C)(F)F)cccn2c1=O. The molecule has 0 aromatic carbocycles. The van der Waals surface area contributed by atoms with Crippen LogP contribution in [0.5, 0.6) is 5.75 Å². The summed E-state index contributed by atoms with van der Waals surface area (Å²) in [5.74, 6) is -0.435. The molecule has 6 nitrogen and oxygen atoms in total. The van der Waals surface area contributed by atoms with Crippen LogP contribution in [0, 0.1) is 5.41 Å². The van der Waals surface area contributed by atoms with Gasteiger partial charge in [-0.1, -0.05) is 20.8 Å². The molecule has 3 rings (SSSR count). The number of hydrogen-bond acceptors (Lipinski definition) is 4. The molecule has 0 spiro atoms. The van der Waals surface area contributed by atoms with E-state index in [1.807, 2.05) is 20.8 Å². The second kappa shape index (κ2) is 6.58. The van der Waals surface area contributed by atoms with E-state index in [4.69, 9.17) is 0 Å². The van der Waals surface area contributed by atoms with E-state index in [2.05, 4.69) is 15.0 Å². The average Bonchev–Trinajstić information content (AvgIpc) is 3.31. The van der Waals surface area contributed by atoms with Crippen molar-refractivity contribution in [3.63, 3.8) is 0 Å². The lowest BCUT2D eigenvalue weighted by atomic mass is 9.92. The summed E-state index contributed by atoms with van der Waals surface area (Å²) in [6, 6.07) is 2.77. The normalized spacial score (nSPS) is 15.0. The van der Waals surface area contributed by atoms with Gasteiger partial charge >= 0.3 is 6.11 Å². The minimum absolute atomic E-state index is 0.0137. The van der Waals surface area contributed by atoms with Crippen molar-refractivity contribution < 1.29 is 18.3 Å². The molecule has 146 valence electrons. The second-order valence-electron chi connectivity index (χ2n) is 8.21. The molecule has 0 radical (unpaired) electrons. The molecule has 1 amide bonds. The van der Waals surface area contributed by atoms with Gasteiger partial charge in [-0.25, -0.2) is 4.98 Å². The van der Waals surface area contributed by atoms with Crippen LogP contribution < -0.4 is 15.6 Å². The number of ether oxygens (including phenoxy) is 1. The number of aromatic nitrogens is 2. The number of nitrogens with zero attached hydrogens (tertiary/aromatic N) is 2. The summed E-state index contributed by atoms with van der Waals surface area (Å²) < 4.78 is 32.4. The molecule has 1 aliphatic rings. The van der Waals surface area contributed by atoms with Gasteiger partial charge in [0.25, 0.3) is 5.56 Å². The molecule has 1 N–H and O–H groups in total. The van der Waals surface area contributed by atoms with Gasteiger partial charge in [-0.2, -0.15) is 8.78 Å². The molecule has 2 heterocycles. The zero-order chi connectivity index (χ0) is 20.0. The van der Waals surface area contributed by atoms with Gasteiger partial charge in [0.05, 0.1) is 5.69 Å². The molecule has 0 saturated heterocycles. The largest absolute Gasteiger partial charge is 0.429 e. The van der Waals surface area contributed by atoms with Crippen molar-refractivity contribution in [1.29, 1.82) is 0 Å². The number of pyridine rings is 1. The number of nitrogens with one attached hydrogen (secondary N) is 1. The Morgan fingerprint density at radius 3 is 2.56 bits per heavy atom. The van der Waals surface area contributed by atoms with Crippen LogP contribution in [0.1, 0.15) is 58.6 Å². The Hall–Kier alpha value is -2.51. The number of carbonyl (C=O) groups is 1. The van der Waals surface area contributed by atoms with Crippen LogP contribution in [0.25, 0.3) is 5.65 Å². The van der Waals surface area contributed by atoms with Crippen molar-refractivity contribution in [2.45, 2.75) is 59.0 Å². The number of carbonyl (C=O) groups excluding carboxylic acids is 1. The predicted molar refractivity (Wildman–Crippen MR) is 97.4 cm³/mol. The predicted octanol–water partition coefficient (Wildman–Crippen LogP) is 3.94. The highest BCUT2D eigenvalue weighted by Gasteiger charge is 2.32. The lowest BCUT2D eigenvalue weighted by molar-refractivity contribution is -0.158. The first-order chi connectivity index (χ1) is 12.4. The Balaban J connectivity index is 2.09. The van der Waals surface area contributed by atoms with E-state index < -0.39 is 11.7 Å². The van der Waals surface area contributed by atoms with Gasteiger partial charge in [-0.15, -0.1) is 0 Å². The van der Waals surface area contributed by atoms with Crippen molar-refractivity contribution >= 4 is 17.2 Å². The zero-order valence-electron chi connectivity index (χ0n) is 15.8. The maximum absolute atomic E-state index is 13.3. The Morgan fingerprint density at radius 2 is 2.00 bits per heavy atom. The first-order valence-electron chi connectivity index (χ1n) is 8.86. The van der Waals surface area contributed by atoms with Crippen LogP contribution in [0.4, 0.5) is 14.5 Å². The van der Waals surface area contributed by atoms with Gasteiger partial charge in [0.15, 0.2) is 11.4 Å². The molecule has 1 fully saturated rings. The van der Waals surface area contributed by atoms with Crippen molar-refractivity contribution in [3.05, 3.63) is 34.4 Å². The molecule has 2 aromatic rings. The molecule has 0 unspecified atom stereocenters. The van der Waals surface area contributed by atoms with Crippen LogP contribution in [0.2, 0.25) is 0 Å². The summed E-state index contributed by atoms with van der Waals surface area (Å²) in [6.07, 6.45) is -0.0831. The fraction of sp³-hybridized carbons (Fsp3) is 0.526. The van der Waals surface area contributed by atoms with Crippen LogP contribution in [-0.4, -0.2) is 21.4 Å². The van der Waals surface area contributed by atoms with Crippen molar-refractivity contribution in [3.8, 4) is 5.75 Å². The third kappa shape index (κ3) is 4.61. The highest BCUT2D eigenvalue weighted by Crippen LogP contribution is 2.42. The lowest BCUT2D eigenvalue weighted by Gasteiger charge is -2.19. The maximum atomic E-state index is 13.3. The Bertz CT molecular complexity index is 938. The Morgan fingerprint density at radius 1 is 1.33 bits per heavy atom. The molecular weight excluding hydrogens is 356 g/mol. The second-order valence-corrected chi connectivity index (χ2v) is 8.21. The molecule has 0 bridgehead atoms. The van der Waals surface area contributed by atoms with Crippen molar-refractivity contribution in [1.82, 2.24) is 9.38 Å².